The van der Waals surface area contributed by atoms with Gasteiger partial charge in [-0.3, -0.25) is 4.99 Å². The van der Waals surface area contributed by atoms with Gasteiger partial charge < -0.3 is 9.64 Å². The van der Waals surface area contributed by atoms with E-state index in [0.29, 0.717) is 6.54 Å². The number of halogens is 1. The first-order valence-electron chi connectivity index (χ1n) is 8.44. The monoisotopic (exact) mass is 355 g/mol. The van der Waals surface area contributed by atoms with Crippen LogP contribution in [0.3, 0.4) is 0 Å². The van der Waals surface area contributed by atoms with Crippen LogP contribution in [0.25, 0.3) is 0 Å². The van der Waals surface area contributed by atoms with Crippen molar-refractivity contribution >= 4 is 28.4 Å². The molecule has 0 unspecified atom stereocenters. The zero-order chi connectivity index (χ0) is 17.6. The number of hydrogen-bond acceptors (Lipinski definition) is 4. The molecule has 25 heavy (non-hydrogen) atoms. The van der Waals surface area contributed by atoms with Crippen LogP contribution in [0.4, 0.5) is 5.69 Å². The molecule has 0 aliphatic carbocycles. The first kappa shape index (κ1) is 17.5. The van der Waals surface area contributed by atoms with Crippen LogP contribution in [0.2, 0.25) is 0 Å². The highest BCUT2D eigenvalue weighted by Crippen LogP contribution is 2.31. The quantitative estimate of drug-likeness (QED) is 0.695. The van der Waals surface area contributed by atoms with Crippen molar-refractivity contribution in [2.75, 3.05) is 25.1 Å². The number of ether oxygens (including phenoxy) is 1. The van der Waals surface area contributed by atoms with Gasteiger partial charge >= 0.3 is 0 Å². The van der Waals surface area contributed by atoms with Crippen molar-refractivity contribution in [2.24, 2.45) is 9.98 Å². The van der Waals surface area contributed by atoms with Crippen molar-refractivity contribution in [3.8, 4) is 5.75 Å². The SMILES string of the molecule is C=C1C=CC=CCN=C(Cl)N=C1N1CCCCc2cc(OC)ccc21. The molecule has 0 atom stereocenters. The highest BCUT2D eigenvalue weighted by atomic mass is 35.5. The maximum Gasteiger partial charge on any atom is 0.220 e. The second-order valence-electron chi connectivity index (χ2n) is 5.96. The summed E-state index contributed by atoms with van der Waals surface area (Å²) in [6.45, 7) is 5.57. The number of methoxy groups -OCH3 is 1. The number of amidine groups is 2. The minimum Gasteiger partial charge on any atom is -0.497 e. The van der Waals surface area contributed by atoms with Gasteiger partial charge in [-0.2, -0.15) is 4.99 Å². The fourth-order valence-electron chi connectivity index (χ4n) is 3.02. The molecule has 2 aliphatic rings. The van der Waals surface area contributed by atoms with E-state index in [4.69, 9.17) is 16.3 Å². The molecule has 0 radical (unpaired) electrons. The number of fused-ring (bicyclic) bond motifs is 1. The third-order valence-electron chi connectivity index (χ3n) is 4.27. The molecule has 2 aliphatic heterocycles. The Labute approximate surface area is 153 Å². The number of hydrogen-bond donors (Lipinski definition) is 0. The first-order valence-corrected chi connectivity index (χ1v) is 8.82. The molecular weight excluding hydrogens is 334 g/mol. The van der Waals surface area contributed by atoms with Gasteiger partial charge in [0.15, 0.2) is 0 Å². The number of aliphatic imine (C=N–C) groups is 2. The van der Waals surface area contributed by atoms with E-state index in [-0.39, 0.29) is 5.29 Å². The van der Waals surface area contributed by atoms with Crippen molar-refractivity contribution in [3.05, 3.63) is 60.2 Å². The summed E-state index contributed by atoms with van der Waals surface area (Å²) < 4.78 is 5.38. The predicted octanol–water partition coefficient (Wildman–Crippen LogP) is 4.51. The lowest BCUT2D eigenvalue weighted by atomic mass is 10.1. The number of nitrogens with zero attached hydrogens (tertiary/aromatic N) is 3. The molecule has 1 aromatic rings. The highest BCUT2D eigenvalue weighted by molar-refractivity contribution is 6.66. The zero-order valence-electron chi connectivity index (χ0n) is 14.4. The Balaban J connectivity index is 2.06. The molecule has 130 valence electrons. The van der Waals surface area contributed by atoms with Gasteiger partial charge in [-0.25, -0.2) is 0 Å². The third kappa shape index (κ3) is 4.20. The molecule has 0 N–H and O–H groups in total. The van der Waals surface area contributed by atoms with E-state index in [9.17, 15) is 0 Å². The maximum absolute atomic E-state index is 6.23. The lowest BCUT2D eigenvalue weighted by Crippen LogP contribution is -2.33. The first-order chi connectivity index (χ1) is 12.2. The summed E-state index contributed by atoms with van der Waals surface area (Å²) in [6, 6.07) is 6.17. The van der Waals surface area contributed by atoms with Crippen molar-refractivity contribution in [3.63, 3.8) is 0 Å². The molecule has 5 heteroatoms. The molecule has 2 heterocycles. The zero-order valence-corrected chi connectivity index (χ0v) is 15.2. The second-order valence-corrected chi connectivity index (χ2v) is 6.30. The lowest BCUT2D eigenvalue weighted by molar-refractivity contribution is 0.414. The standard InChI is InChI=1S/C20H22ClN3O/c1-15-8-4-3-6-12-22-20(21)23-19(15)24-13-7-5-9-16-14-17(25-2)10-11-18(16)24/h3-4,6,8,10-11,14H,1,5,7,9,12-13H2,2H3. The van der Waals surface area contributed by atoms with Gasteiger partial charge in [-0.15, -0.1) is 0 Å². The second kappa shape index (κ2) is 8.17. The van der Waals surface area contributed by atoms with E-state index in [0.717, 1.165) is 48.7 Å². The molecule has 3 rings (SSSR count). The third-order valence-corrected chi connectivity index (χ3v) is 4.47. The average molecular weight is 356 g/mol. The fourth-order valence-corrected chi connectivity index (χ4v) is 3.17. The molecule has 1 aromatic carbocycles. The number of allylic oxidation sites excluding steroid dienone is 2. The van der Waals surface area contributed by atoms with Gasteiger partial charge in [-0.05, 0) is 54.6 Å². The molecule has 0 bridgehead atoms. The van der Waals surface area contributed by atoms with Crippen LogP contribution in [0.5, 0.6) is 5.75 Å². The van der Waals surface area contributed by atoms with Crippen LogP contribution < -0.4 is 9.64 Å². The minimum absolute atomic E-state index is 0.246. The lowest BCUT2D eigenvalue weighted by Gasteiger charge is -2.27. The van der Waals surface area contributed by atoms with Gasteiger partial charge in [0.25, 0.3) is 0 Å². The number of benzene rings is 1. The molecule has 0 saturated heterocycles. The van der Waals surface area contributed by atoms with E-state index in [1.165, 1.54) is 5.56 Å². The van der Waals surface area contributed by atoms with Crippen molar-refractivity contribution < 1.29 is 4.74 Å². The Hall–Kier alpha value is -2.33. The van der Waals surface area contributed by atoms with E-state index in [2.05, 4.69) is 33.6 Å². The van der Waals surface area contributed by atoms with Gasteiger partial charge in [-0.1, -0.05) is 30.9 Å². The van der Waals surface area contributed by atoms with Crippen LogP contribution in [0, 0.1) is 0 Å². The number of aryl methyl sites for hydroxylation is 1. The maximum atomic E-state index is 6.23. The normalized spacial score (nSPS) is 18.2. The van der Waals surface area contributed by atoms with Gasteiger partial charge in [0.1, 0.15) is 11.6 Å². The highest BCUT2D eigenvalue weighted by Gasteiger charge is 2.22. The summed E-state index contributed by atoms with van der Waals surface area (Å²) in [7, 11) is 1.69. The van der Waals surface area contributed by atoms with Crippen LogP contribution in [0.15, 0.2) is 64.6 Å². The van der Waals surface area contributed by atoms with E-state index < -0.39 is 0 Å². The van der Waals surface area contributed by atoms with E-state index >= 15 is 0 Å². The Morgan fingerprint density at radius 3 is 2.96 bits per heavy atom. The molecule has 0 fully saturated rings. The summed E-state index contributed by atoms with van der Waals surface area (Å²) in [5.41, 5.74) is 3.19. The summed E-state index contributed by atoms with van der Waals surface area (Å²) in [5.74, 6) is 1.62. The van der Waals surface area contributed by atoms with Gasteiger partial charge in [0.2, 0.25) is 5.29 Å². The Bertz CT molecular complexity index is 777. The summed E-state index contributed by atoms with van der Waals surface area (Å²) >= 11 is 6.23. The van der Waals surface area contributed by atoms with Crippen molar-refractivity contribution in [1.29, 1.82) is 0 Å². The van der Waals surface area contributed by atoms with E-state index in [1.54, 1.807) is 7.11 Å². The minimum atomic E-state index is 0.246. The van der Waals surface area contributed by atoms with Crippen molar-refractivity contribution in [1.82, 2.24) is 0 Å². The molecule has 0 saturated carbocycles. The van der Waals surface area contributed by atoms with Crippen LogP contribution >= 0.6 is 11.6 Å². The topological polar surface area (TPSA) is 37.2 Å². The molecule has 0 amide bonds. The Morgan fingerprint density at radius 1 is 1.24 bits per heavy atom. The van der Waals surface area contributed by atoms with Crippen LogP contribution in [-0.4, -0.2) is 31.3 Å². The number of rotatable bonds is 1. The van der Waals surface area contributed by atoms with Crippen LogP contribution in [0.1, 0.15) is 18.4 Å². The summed E-state index contributed by atoms with van der Waals surface area (Å²) in [5, 5.41) is 0.246. The largest absolute Gasteiger partial charge is 0.497 e. The average Bonchev–Trinajstić information content (AvgIpc) is 2.83. The smallest absolute Gasteiger partial charge is 0.220 e. The Morgan fingerprint density at radius 2 is 2.12 bits per heavy atom. The molecule has 4 nitrogen and oxygen atoms in total. The fraction of sp³-hybridized carbons (Fsp3) is 0.300. The molecule has 0 aromatic heterocycles. The molecular formula is C20H22ClN3O. The van der Waals surface area contributed by atoms with Crippen LogP contribution in [-0.2, 0) is 6.42 Å². The van der Waals surface area contributed by atoms with Gasteiger partial charge in [0.05, 0.1) is 13.7 Å². The predicted molar refractivity (Wildman–Crippen MR) is 106 cm³/mol. The van der Waals surface area contributed by atoms with Crippen molar-refractivity contribution in [2.45, 2.75) is 19.3 Å². The summed E-state index contributed by atoms with van der Waals surface area (Å²) in [6.07, 6.45) is 11.0. The van der Waals surface area contributed by atoms with Gasteiger partial charge in [0, 0.05) is 17.8 Å². The summed E-state index contributed by atoms with van der Waals surface area (Å²) in [4.78, 5) is 11.0. The molecule has 0 spiro atoms. The Kier molecular flexibility index (Phi) is 5.71. The number of anilines is 1. The van der Waals surface area contributed by atoms with E-state index in [1.807, 2.05) is 30.4 Å².